The first-order valence-electron chi connectivity index (χ1n) is 5.21. The van der Waals surface area contributed by atoms with Crippen molar-refractivity contribution in [2.75, 3.05) is 19.3 Å². The summed E-state index contributed by atoms with van der Waals surface area (Å²) in [4.78, 5) is 24.6. The lowest BCUT2D eigenvalue weighted by molar-refractivity contribution is -0.132. The molecule has 0 aliphatic carbocycles. The van der Waals surface area contributed by atoms with Gasteiger partial charge in [-0.15, -0.1) is 0 Å². The van der Waals surface area contributed by atoms with Crippen LogP contribution in [0.4, 0.5) is 5.82 Å². The number of hydrogen-bond donors (Lipinski definition) is 2. The molecule has 1 aliphatic heterocycles. The molecule has 0 radical (unpaired) electrons. The van der Waals surface area contributed by atoms with Crippen molar-refractivity contribution in [3.63, 3.8) is 0 Å². The van der Waals surface area contributed by atoms with E-state index in [1.807, 2.05) is 0 Å². The van der Waals surface area contributed by atoms with Crippen molar-refractivity contribution in [2.24, 2.45) is 0 Å². The van der Waals surface area contributed by atoms with E-state index in [0.717, 1.165) is 0 Å². The standard InChI is InChI=1S/C9H13N5O3/c1-14-4-5(2-3-6(14)15)11-9(16)7-8(10)13-17-12-7/h5H,2-4H2,1H3,(H2,10,13)(H,11,16). The fourth-order valence-electron chi connectivity index (χ4n) is 1.74. The summed E-state index contributed by atoms with van der Waals surface area (Å²) >= 11 is 0. The first-order chi connectivity index (χ1) is 8.08. The number of piperidine rings is 1. The number of carbonyl (C=O) groups excluding carboxylic acids is 2. The van der Waals surface area contributed by atoms with E-state index in [1.54, 1.807) is 11.9 Å². The highest BCUT2D eigenvalue weighted by molar-refractivity contribution is 5.96. The minimum atomic E-state index is -0.434. The number of rotatable bonds is 2. The molecule has 2 heterocycles. The number of carbonyl (C=O) groups is 2. The molecule has 1 saturated heterocycles. The van der Waals surface area contributed by atoms with Crippen molar-refractivity contribution >= 4 is 17.6 Å². The predicted octanol–water partition coefficient (Wildman–Crippen LogP) is -0.998. The van der Waals surface area contributed by atoms with E-state index >= 15 is 0 Å². The largest absolute Gasteiger partial charge is 0.379 e. The van der Waals surface area contributed by atoms with Crippen molar-refractivity contribution in [1.82, 2.24) is 20.5 Å². The van der Waals surface area contributed by atoms with E-state index in [0.29, 0.717) is 19.4 Å². The molecule has 0 spiro atoms. The number of likely N-dealkylation sites (tertiary alicyclic amines) is 1. The quantitative estimate of drug-likeness (QED) is 0.684. The van der Waals surface area contributed by atoms with Crippen LogP contribution in [0.25, 0.3) is 0 Å². The number of nitrogens with two attached hydrogens (primary N) is 1. The molecule has 2 rings (SSSR count). The number of nitrogens with zero attached hydrogens (tertiary/aromatic N) is 3. The van der Waals surface area contributed by atoms with Gasteiger partial charge in [0.05, 0.1) is 0 Å². The summed E-state index contributed by atoms with van der Waals surface area (Å²) in [5, 5.41) is 9.47. The Hall–Kier alpha value is -2.12. The Kier molecular flexibility index (Phi) is 2.94. The van der Waals surface area contributed by atoms with Crippen molar-refractivity contribution in [1.29, 1.82) is 0 Å². The maximum Gasteiger partial charge on any atom is 0.277 e. The van der Waals surface area contributed by atoms with Crippen molar-refractivity contribution in [3.8, 4) is 0 Å². The number of anilines is 1. The lowest BCUT2D eigenvalue weighted by Crippen LogP contribution is -2.48. The molecule has 1 atom stereocenters. The Bertz CT molecular complexity index is 444. The van der Waals surface area contributed by atoms with Gasteiger partial charge in [-0.25, -0.2) is 4.63 Å². The van der Waals surface area contributed by atoms with Gasteiger partial charge in [-0.2, -0.15) is 0 Å². The molecule has 8 heteroatoms. The predicted molar refractivity (Wildman–Crippen MR) is 56.8 cm³/mol. The molecular formula is C9H13N5O3. The average Bonchev–Trinajstić information content (AvgIpc) is 2.70. The highest BCUT2D eigenvalue weighted by Crippen LogP contribution is 2.11. The molecule has 17 heavy (non-hydrogen) atoms. The van der Waals surface area contributed by atoms with Gasteiger partial charge in [-0.05, 0) is 16.7 Å². The number of likely N-dealkylation sites (N-methyl/N-ethyl adjacent to an activating group) is 1. The third-order valence-corrected chi connectivity index (χ3v) is 2.69. The molecule has 0 saturated carbocycles. The van der Waals surface area contributed by atoms with Crippen LogP contribution in [0.3, 0.4) is 0 Å². The number of amides is 2. The van der Waals surface area contributed by atoms with Gasteiger partial charge in [-0.1, -0.05) is 0 Å². The second-order valence-electron chi connectivity index (χ2n) is 3.98. The zero-order valence-corrected chi connectivity index (χ0v) is 9.34. The number of aromatic nitrogens is 2. The monoisotopic (exact) mass is 239 g/mol. The number of nitrogen functional groups attached to an aromatic ring is 1. The van der Waals surface area contributed by atoms with Gasteiger partial charge in [0, 0.05) is 26.1 Å². The van der Waals surface area contributed by atoms with Gasteiger partial charge >= 0.3 is 0 Å². The molecule has 1 fully saturated rings. The average molecular weight is 239 g/mol. The molecule has 3 N–H and O–H groups in total. The van der Waals surface area contributed by atoms with E-state index in [4.69, 9.17) is 5.73 Å². The maximum atomic E-state index is 11.7. The molecule has 1 aliphatic rings. The summed E-state index contributed by atoms with van der Waals surface area (Å²) in [6, 6.07) is -0.0960. The van der Waals surface area contributed by atoms with Gasteiger partial charge in [0.15, 0.2) is 0 Å². The Morgan fingerprint density at radius 3 is 2.94 bits per heavy atom. The Morgan fingerprint density at radius 1 is 1.59 bits per heavy atom. The van der Waals surface area contributed by atoms with Crippen LogP contribution >= 0.6 is 0 Å². The zero-order valence-electron chi connectivity index (χ0n) is 9.34. The fraction of sp³-hybridized carbons (Fsp3) is 0.556. The molecule has 0 bridgehead atoms. The molecule has 92 valence electrons. The summed E-state index contributed by atoms with van der Waals surface area (Å²) < 4.78 is 4.34. The molecule has 2 amide bonds. The molecular weight excluding hydrogens is 226 g/mol. The smallest absolute Gasteiger partial charge is 0.277 e. The minimum absolute atomic E-state index is 0.0236. The third kappa shape index (κ3) is 2.35. The van der Waals surface area contributed by atoms with Crippen molar-refractivity contribution < 1.29 is 14.2 Å². The normalized spacial score (nSPS) is 20.4. The third-order valence-electron chi connectivity index (χ3n) is 2.69. The van der Waals surface area contributed by atoms with Gasteiger partial charge in [0.2, 0.25) is 17.4 Å². The van der Waals surface area contributed by atoms with Crippen LogP contribution in [0, 0.1) is 0 Å². The highest BCUT2D eigenvalue weighted by Gasteiger charge is 2.26. The number of nitrogens with one attached hydrogen (secondary N) is 1. The molecule has 1 aromatic rings. The summed E-state index contributed by atoms with van der Waals surface area (Å²) in [5.41, 5.74) is 5.38. The van der Waals surface area contributed by atoms with Crippen LogP contribution < -0.4 is 11.1 Å². The fourth-order valence-corrected chi connectivity index (χ4v) is 1.74. The maximum absolute atomic E-state index is 11.7. The summed E-state index contributed by atoms with van der Waals surface area (Å²) in [6.07, 6.45) is 1.04. The van der Waals surface area contributed by atoms with E-state index in [9.17, 15) is 9.59 Å². The second-order valence-corrected chi connectivity index (χ2v) is 3.98. The van der Waals surface area contributed by atoms with Crippen LogP contribution in [0.15, 0.2) is 4.63 Å². The molecule has 8 nitrogen and oxygen atoms in total. The van der Waals surface area contributed by atoms with Crippen LogP contribution in [0.5, 0.6) is 0 Å². The second kappa shape index (κ2) is 4.40. The molecule has 1 aromatic heterocycles. The lowest BCUT2D eigenvalue weighted by Gasteiger charge is -2.29. The summed E-state index contributed by atoms with van der Waals surface area (Å²) in [6.45, 7) is 0.482. The van der Waals surface area contributed by atoms with Crippen molar-refractivity contribution in [3.05, 3.63) is 5.69 Å². The zero-order chi connectivity index (χ0) is 12.4. The van der Waals surface area contributed by atoms with Crippen LogP contribution in [-0.4, -0.2) is 46.7 Å². The minimum Gasteiger partial charge on any atom is -0.379 e. The Balaban J connectivity index is 1.96. The van der Waals surface area contributed by atoms with E-state index in [-0.39, 0.29) is 23.5 Å². The van der Waals surface area contributed by atoms with Crippen LogP contribution in [-0.2, 0) is 4.79 Å². The van der Waals surface area contributed by atoms with Gasteiger partial charge in [0.25, 0.3) is 5.91 Å². The molecule has 1 unspecified atom stereocenters. The van der Waals surface area contributed by atoms with Crippen molar-refractivity contribution in [2.45, 2.75) is 18.9 Å². The molecule has 0 aromatic carbocycles. The van der Waals surface area contributed by atoms with Gasteiger partial charge < -0.3 is 16.0 Å². The SMILES string of the molecule is CN1CC(NC(=O)c2nonc2N)CCC1=O. The van der Waals surface area contributed by atoms with Gasteiger partial charge in [0.1, 0.15) is 0 Å². The topological polar surface area (TPSA) is 114 Å². The highest BCUT2D eigenvalue weighted by atomic mass is 16.6. The van der Waals surface area contributed by atoms with Crippen LogP contribution in [0.2, 0.25) is 0 Å². The lowest BCUT2D eigenvalue weighted by atomic mass is 10.1. The first-order valence-corrected chi connectivity index (χ1v) is 5.21. The Morgan fingerprint density at radius 2 is 2.35 bits per heavy atom. The summed E-state index contributed by atoms with van der Waals surface area (Å²) in [7, 11) is 1.70. The first kappa shape index (κ1) is 11.4. The van der Waals surface area contributed by atoms with Gasteiger partial charge in [-0.3, -0.25) is 9.59 Å². The van der Waals surface area contributed by atoms with E-state index in [1.165, 1.54) is 0 Å². The van der Waals surface area contributed by atoms with Crippen LogP contribution in [0.1, 0.15) is 23.3 Å². The van der Waals surface area contributed by atoms with E-state index in [2.05, 4.69) is 20.3 Å². The Labute approximate surface area is 97.1 Å². The summed E-state index contributed by atoms with van der Waals surface area (Å²) in [5.74, 6) is -0.391. The number of hydrogen-bond acceptors (Lipinski definition) is 6. The van der Waals surface area contributed by atoms with E-state index < -0.39 is 5.91 Å².